The highest BCUT2D eigenvalue weighted by molar-refractivity contribution is 6.33. The number of benzene rings is 1. The SMILES string of the molecule is Cc1cc(C=O)c(C)c(O)c1Cl. The molecule has 0 unspecified atom stereocenters. The van der Waals surface area contributed by atoms with Crippen LogP contribution in [-0.2, 0) is 0 Å². The lowest BCUT2D eigenvalue weighted by atomic mass is 10.1. The van der Waals surface area contributed by atoms with Crippen molar-refractivity contribution in [2.24, 2.45) is 0 Å². The highest BCUT2D eigenvalue weighted by Gasteiger charge is 2.09. The molecule has 0 saturated carbocycles. The first-order valence-electron chi connectivity index (χ1n) is 3.51. The van der Waals surface area contributed by atoms with E-state index >= 15 is 0 Å². The topological polar surface area (TPSA) is 37.3 Å². The molecule has 0 saturated heterocycles. The molecule has 0 spiro atoms. The van der Waals surface area contributed by atoms with E-state index < -0.39 is 0 Å². The van der Waals surface area contributed by atoms with Crippen molar-refractivity contribution in [2.75, 3.05) is 0 Å². The van der Waals surface area contributed by atoms with Crippen molar-refractivity contribution in [1.29, 1.82) is 0 Å². The number of carbonyl (C=O) groups is 1. The van der Waals surface area contributed by atoms with Gasteiger partial charge in [0.05, 0.1) is 5.02 Å². The maximum absolute atomic E-state index is 10.5. The van der Waals surface area contributed by atoms with Crippen molar-refractivity contribution in [1.82, 2.24) is 0 Å². The average molecular weight is 185 g/mol. The zero-order chi connectivity index (χ0) is 9.30. The number of aromatic hydroxyl groups is 1. The molecular formula is C9H9ClO2. The maximum atomic E-state index is 10.5. The van der Waals surface area contributed by atoms with E-state index in [0.717, 1.165) is 0 Å². The fraction of sp³-hybridized carbons (Fsp3) is 0.222. The Morgan fingerprint density at radius 1 is 1.50 bits per heavy atom. The summed E-state index contributed by atoms with van der Waals surface area (Å²) in [5.41, 5.74) is 1.72. The van der Waals surface area contributed by atoms with Gasteiger partial charge in [0.1, 0.15) is 12.0 Å². The largest absolute Gasteiger partial charge is 0.506 e. The van der Waals surface area contributed by atoms with Gasteiger partial charge >= 0.3 is 0 Å². The molecule has 12 heavy (non-hydrogen) atoms. The zero-order valence-corrected chi connectivity index (χ0v) is 7.64. The van der Waals surface area contributed by atoms with Gasteiger partial charge in [0.2, 0.25) is 0 Å². The van der Waals surface area contributed by atoms with E-state index in [1.54, 1.807) is 19.9 Å². The van der Waals surface area contributed by atoms with Crippen LogP contribution >= 0.6 is 11.6 Å². The van der Waals surface area contributed by atoms with Crippen LogP contribution in [0, 0.1) is 13.8 Å². The van der Waals surface area contributed by atoms with Crippen LogP contribution in [0.1, 0.15) is 21.5 Å². The maximum Gasteiger partial charge on any atom is 0.150 e. The van der Waals surface area contributed by atoms with Gasteiger partial charge in [0.25, 0.3) is 0 Å². The van der Waals surface area contributed by atoms with E-state index in [2.05, 4.69) is 0 Å². The van der Waals surface area contributed by atoms with E-state index in [-0.39, 0.29) is 5.75 Å². The summed E-state index contributed by atoms with van der Waals surface area (Å²) in [7, 11) is 0. The molecule has 64 valence electrons. The Morgan fingerprint density at radius 2 is 2.08 bits per heavy atom. The van der Waals surface area contributed by atoms with Gasteiger partial charge in [0, 0.05) is 11.1 Å². The number of aryl methyl sites for hydroxylation is 1. The van der Waals surface area contributed by atoms with Crippen molar-refractivity contribution in [2.45, 2.75) is 13.8 Å². The van der Waals surface area contributed by atoms with E-state index in [1.165, 1.54) is 0 Å². The molecule has 0 aliphatic heterocycles. The van der Waals surface area contributed by atoms with Gasteiger partial charge in [-0.2, -0.15) is 0 Å². The number of phenols is 1. The Morgan fingerprint density at radius 3 is 2.58 bits per heavy atom. The van der Waals surface area contributed by atoms with Gasteiger partial charge in [-0.3, -0.25) is 4.79 Å². The lowest BCUT2D eigenvalue weighted by Crippen LogP contribution is -1.90. The molecule has 1 aromatic carbocycles. The van der Waals surface area contributed by atoms with E-state index in [4.69, 9.17) is 11.6 Å². The van der Waals surface area contributed by atoms with Gasteiger partial charge in [-0.25, -0.2) is 0 Å². The third-order valence-corrected chi connectivity index (χ3v) is 2.32. The molecule has 1 rings (SSSR count). The van der Waals surface area contributed by atoms with Crippen LogP contribution in [-0.4, -0.2) is 11.4 Å². The molecule has 3 heteroatoms. The van der Waals surface area contributed by atoms with Crippen LogP contribution in [0.5, 0.6) is 5.75 Å². The van der Waals surface area contributed by atoms with Crippen LogP contribution < -0.4 is 0 Å². The van der Waals surface area contributed by atoms with E-state index in [1.807, 2.05) is 0 Å². The van der Waals surface area contributed by atoms with E-state index in [0.29, 0.717) is 28.0 Å². The second-order valence-electron chi connectivity index (χ2n) is 2.69. The minimum absolute atomic E-state index is 0.00114. The molecule has 0 atom stereocenters. The van der Waals surface area contributed by atoms with Crippen molar-refractivity contribution in [3.63, 3.8) is 0 Å². The first-order chi connectivity index (χ1) is 5.57. The van der Waals surface area contributed by atoms with Crippen molar-refractivity contribution >= 4 is 17.9 Å². The molecule has 0 aliphatic rings. The van der Waals surface area contributed by atoms with Gasteiger partial charge in [-0.15, -0.1) is 0 Å². The quantitative estimate of drug-likeness (QED) is 0.681. The molecule has 0 aromatic heterocycles. The Balaban J connectivity index is 3.49. The monoisotopic (exact) mass is 184 g/mol. The van der Waals surface area contributed by atoms with Crippen molar-refractivity contribution in [3.05, 3.63) is 27.8 Å². The molecule has 2 nitrogen and oxygen atoms in total. The van der Waals surface area contributed by atoms with Crippen LogP contribution in [0.3, 0.4) is 0 Å². The molecule has 1 aromatic rings. The highest BCUT2D eigenvalue weighted by Crippen LogP contribution is 2.31. The first-order valence-corrected chi connectivity index (χ1v) is 3.89. The van der Waals surface area contributed by atoms with Gasteiger partial charge in [-0.05, 0) is 25.5 Å². The summed E-state index contributed by atoms with van der Waals surface area (Å²) in [6, 6.07) is 1.66. The normalized spacial score (nSPS) is 9.92. The molecule has 0 radical (unpaired) electrons. The number of hydrogen-bond donors (Lipinski definition) is 1. The smallest absolute Gasteiger partial charge is 0.150 e. The molecular weight excluding hydrogens is 176 g/mol. The summed E-state index contributed by atoms with van der Waals surface area (Å²) >= 11 is 5.75. The number of halogens is 1. The average Bonchev–Trinajstić information content (AvgIpc) is 2.08. The number of rotatable bonds is 1. The third kappa shape index (κ3) is 1.30. The zero-order valence-electron chi connectivity index (χ0n) is 6.89. The van der Waals surface area contributed by atoms with Gasteiger partial charge < -0.3 is 5.11 Å². The summed E-state index contributed by atoms with van der Waals surface area (Å²) in [6.07, 6.45) is 0.707. The Bertz CT molecular complexity index is 332. The summed E-state index contributed by atoms with van der Waals surface area (Å²) in [5.74, 6) is -0.00114. The lowest BCUT2D eigenvalue weighted by Gasteiger charge is -2.06. The molecule has 0 heterocycles. The predicted molar refractivity (Wildman–Crippen MR) is 48.0 cm³/mol. The second kappa shape index (κ2) is 3.15. The summed E-state index contributed by atoms with van der Waals surface area (Å²) in [6.45, 7) is 3.40. The Kier molecular flexibility index (Phi) is 2.38. The minimum atomic E-state index is -0.00114. The molecule has 0 bridgehead atoms. The Labute approximate surface area is 75.8 Å². The van der Waals surface area contributed by atoms with Crippen LogP contribution in [0.15, 0.2) is 6.07 Å². The molecule has 0 fully saturated rings. The van der Waals surface area contributed by atoms with Gasteiger partial charge in [-0.1, -0.05) is 11.6 Å². The second-order valence-corrected chi connectivity index (χ2v) is 3.07. The standard InChI is InChI=1S/C9H9ClO2/c1-5-3-7(4-11)6(2)9(12)8(5)10/h3-4,12H,1-2H3. The predicted octanol–water partition coefficient (Wildman–Crippen LogP) is 2.47. The Hall–Kier alpha value is -1.02. The summed E-state index contributed by atoms with van der Waals surface area (Å²) in [4.78, 5) is 10.5. The van der Waals surface area contributed by atoms with E-state index in [9.17, 15) is 9.90 Å². The van der Waals surface area contributed by atoms with Crippen LogP contribution in [0.4, 0.5) is 0 Å². The number of aldehydes is 1. The van der Waals surface area contributed by atoms with Crippen molar-refractivity contribution in [3.8, 4) is 5.75 Å². The fourth-order valence-electron chi connectivity index (χ4n) is 1.02. The first kappa shape index (κ1) is 9.07. The number of carbonyl (C=O) groups excluding carboxylic acids is 1. The lowest BCUT2D eigenvalue weighted by molar-refractivity contribution is 0.112. The molecule has 0 aliphatic carbocycles. The number of phenolic OH excluding ortho intramolecular Hbond substituents is 1. The fourth-order valence-corrected chi connectivity index (χ4v) is 1.21. The van der Waals surface area contributed by atoms with Crippen LogP contribution in [0.25, 0.3) is 0 Å². The summed E-state index contributed by atoms with van der Waals surface area (Å²) < 4.78 is 0. The molecule has 1 N–H and O–H groups in total. The van der Waals surface area contributed by atoms with Crippen molar-refractivity contribution < 1.29 is 9.90 Å². The van der Waals surface area contributed by atoms with Gasteiger partial charge in [0.15, 0.2) is 0 Å². The molecule has 0 amide bonds. The third-order valence-electron chi connectivity index (χ3n) is 1.84. The number of hydrogen-bond acceptors (Lipinski definition) is 2. The summed E-state index contributed by atoms with van der Waals surface area (Å²) in [5, 5.41) is 9.73. The van der Waals surface area contributed by atoms with Crippen LogP contribution in [0.2, 0.25) is 5.02 Å². The highest BCUT2D eigenvalue weighted by atomic mass is 35.5. The minimum Gasteiger partial charge on any atom is -0.506 e.